The van der Waals surface area contributed by atoms with Crippen LogP contribution in [0, 0.1) is 11.8 Å². The molecular weight excluding hydrogens is 342 g/mol. The van der Waals surface area contributed by atoms with E-state index in [2.05, 4.69) is 29.1 Å². The number of amides is 2. The number of carbonyl (C=O) groups is 2. The van der Waals surface area contributed by atoms with Crippen LogP contribution in [-0.4, -0.2) is 45.2 Å². The molecule has 1 aromatic carbocycles. The lowest BCUT2D eigenvalue weighted by Crippen LogP contribution is -3.10. The van der Waals surface area contributed by atoms with Crippen LogP contribution >= 0.6 is 0 Å². The molecule has 2 heterocycles. The van der Waals surface area contributed by atoms with E-state index in [1.165, 1.54) is 11.2 Å². The minimum atomic E-state index is -0.160. The number of carbonyl (C=O) groups excluding carboxylic acids is 2. The van der Waals surface area contributed by atoms with Crippen LogP contribution in [0.1, 0.15) is 31.4 Å². The van der Waals surface area contributed by atoms with Gasteiger partial charge < -0.3 is 4.90 Å². The number of likely N-dealkylation sites (tertiary alicyclic amines) is 1. The molecule has 0 spiro atoms. The third kappa shape index (κ3) is 3.19. The lowest BCUT2D eigenvalue weighted by molar-refractivity contribution is -0.917. The van der Waals surface area contributed by atoms with E-state index in [0.29, 0.717) is 19.5 Å². The maximum Gasteiger partial charge on any atom is 0.237 e. The molecule has 4 rings (SSSR count). The Morgan fingerprint density at radius 2 is 1.74 bits per heavy atom. The molecule has 0 saturated carbocycles. The SMILES string of the molecule is C[C@H](c1ccc(-n2cncn2)cc1)[NH+](C)CN1C(=O)[C@H]2CC=CC[C@H]2C1=O. The summed E-state index contributed by atoms with van der Waals surface area (Å²) in [7, 11) is 2.02. The summed E-state index contributed by atoms with van der Waals surface area (Å²) in [6.07, 6.45) is 8.58. The van der Waals surface area contributed by atoms with Crippen molar-refractivity contribution >= 4 is 11.8 Å². The number of hydrogen-bond donors (Lipinski definition) is 1. The molecule has 2 aromatic rings. The van der Waals surface area contributed by atoms with Gasteiger partial charge in [0.1, 0.15) is 18.7 Å². The van der Waals surface area contributed by atoms with E-state index in [9.17, 15) is 9.59 Å². The number of benzene rings is 1. The summed E-state index contributed by atoms with van der Waals surface area (Å²) >= 11 is 0. The van der Waals surface area contributed by atoms with Crippen molar-refractivity contribution < 1.29 is 14.5 Å². The molecule has 1 fully saturated rings. The lowest BCUT2D eigenvalue weighted by atomic mass is 9.85. The zero-order valence-corrected chi connectivity index (χ0v) is 15.6. The van der Waals surface area contributed by atoms with Crippen LogP contribution in [0.15, 0.2) is 49.1 Å². The van der Waals surface area contributed by atoms with E-state index < -0.39 is 0 Å². The largest absolute Gasteiger partial charge is 0.314 e. The second-order valence-electron chi connectivity index (χ2n) is 7.42. The molecule has 7 heteroatoms. The zero-order valence-electron chi connectivity index (χ0n) is 15.6. The number of nitrogens with zero attached hydrogens (tertiary/aromatic N) is 4. The number of imide groups is 1. The maximum atomic E-state index is 12.7. The first-order chi connectivity index (χ1) is 13.1. The van der Waals surface area contributed by atoms with Crippen LogP contribution in [0.5, 0.6) is 0 Å². The molecule has 140 valence electrons. The van der Waals surface area contributed by atoms with Crippen LogP contribution in [0.4, 0.5) is 0 Å². The smallest absolute Gasteiger partial charge is 0.237 e. The molecule has 1 aliphatic carbocycles. The number of quaternary nitrogens is 1. The average molecular weight is 366 g/mol. The molecule has 0 radical (unpaired) electrons. The van der Waals surface area contributed by atoms with Crippen molar-refractivity contribution in [1.29, 1.82) is 0 Å². The van der Waals surface area contributed by atoms with Crippen LogP contribution in [0.2, 0.25) is 0 Å². The summed E-state index contributed by atoms with van der Waals surface area (Å²) in [4.78, 5) is 31.9. The quantitative estimate of drug-likeness (QED) is 0.626. The highest BCUT2D eigenvalue weighted by atomic mass is 16.2. The Kier molecular flexibility index (Phi) is 4.61. The zero-order chi connectivity index (χ0) is 19.0. The molecule has 0 bridgehead atoms. The molecule has 1 aliphatic heterocycles. The number of aromatic nitrogens is 3. The van der Waals surface area contributed by atoms with Crippen molar-refractivity contribution in [3.05, 3.63) is 54.6 Å². The van der Waals surface area contributed by atoms with Crippen LogP contribution < -0.4 is 4.90 Å². The second kappa shape index (κ2) is 7.08. The average Bonchev–Trinajstić information content (AvgIpc) is 3.32. The van der Waals surface area contributed by atoms with Crippen LogP contribution in [0.3, 0.4) is 0 Å². The van der Waals surface area contributed by atoms with Crippen molar-refractivity contribution in [3.8, 4) is 5.69 Å². The fourth-order valence-corrected chi connectivity index (χ4v) is 3.95. The molecule has 7 nitrogen and oxygen atoms in total. The van der Waals surface area contributed by atoms with E-state index in [1.54, 1.807) is 11.0 Å². The van der Waals surface area contributed by atoms with Gasteiger partial charge in [-0.1, -0.05) is 24.3 Å². The summed E-state index contributed by atoms with van der Waals surface area (Å²) in [6, 6.07) is 8.27. The summed E-state index contributed by atoms with van der Waals surface area (Å²) < 4.78 is 1.71. The monoisotopic (exact) mass is 366 g/mol. The highest BCUT2D eigenvalue weighted by Gasteiger charge is 2.48. The van der Waals surface area contributed by atoms with Gasteiger partial charge in [-0.25, -0.2) is 14.6 Å². The Morgan fingerprint density at radius 1 is 1.11 bits per heavy atom. The van der Waals surface area contributed by atoms with E-state index in [1.807, 2.05) is 31.3 Å². The first-order valence-electron chi connectivity index (χ1n) is 9.33. The minimum absolute atomic E-state index is 0.0116. The summed E-state index contributed by atoms with van der Waals surface area (Å²) in [5.41, 5.74) is 2.09. The fraction of sp³-hybridized carbons (Fsp3) is 0.400. The summed E-state index contributed by atoms with van der Waals surface area (Å²) in [5.74, 6) is -0.343. The standard InChI is InChI=1S/C20H23N5O2/c1-14(15-7-9-16(10-8-15)25-12-21-11-22-25)23(2)13-24-19(26)17-5-3-4-6-18(17)20(24)27/h3-4,7-12,14,17-18H,5-6,13H2,1-2H3/p+1/t14-,17-,18+/m1/s1. The highest BCUT2D eigenvalue weighted by molar-refractivity contribution is 6.05. The normalized spacial score (nSPS) is 24.1. The van der Waals surface area contributed by atoms with Crippen molar-refractivity contribution in [1.82, 2.24) is 19.7 Å². The highest BCUT2D eigenvalue weighted by Crippen LogP contribution is 2.34. The van der Waals surface area contributed by atoms with Crippen molar-refractivity contribution in [2.24, 2.45) is 11.8 Å². The minimum Gasteiger partial charge on any atom is -0.314 e. The first-order valence-corrected chi connectivity index (χ1v) is 9.33. The van der Waals surface area contributed by atoms with Crippen molar-refractivity contribution in [2.45, 2.75) is 25.8 Å². The molecule has 1 saturated heterocycles. The molecule has 1 unspecified atom stereocenters. The van der Waals surface area contributed by atoms with Gasteiger partial charge in [-0.15, -0.1) is 0 Å². The Balaban J connectivity index is 1.44. The maximum absolute atomic E-state index is 12.7. The third-order valence-electron chi connectivity index (χ3n) is 5.82. The topological polar surface area (TPSA) is 72.5 Å². The number of allylic oxidation sites excluding steroid dienone is 2. The third-order valence-corrected chi connectivity index (χ3v) is 5.82. The predicted octanol–water partition coefficient (Wildman–Crippen LogP) is 0.752. The van der Waals surface area contributed by atoms with Gasteiger partial charge in [0.15, 0.2) is 6.67 Å². The van der Waals surface area contributed by atoms with Gasteiger partial charge in [-0.05, 0) is 31.9 Å². The molecule has 2 amide bonds. The molecule has 1 N–H and O–H groups in total. The lowest BCUT2D eigenvalue weighted by Gasteiger charge is -2.26. The van der Waals surface area contributed by atoms with Gasteiger partial charge >= 0.3 is 0 Å². The van der Waals surface area contributed by atoms with Gasteiger partial charge in [0, 0.05) is 5.56 Å². The fourth-order valence-electron chi connectivity index (χ4n) is 3.95. The Bertz CT molecular complexity index is 833. The summed E-state index contributed by atoms with van der Waals surface area (Å²) in [6.45, 7) is 2.51. The number of rotatable bonds is 5. The van der Waals surface area contributed by atoms with Crippen LogP contribution in [-0.2, 0) is 9.59 Å². The summed E-state index contributed by atoms with van der Waals surface area (Å²) in [5, 5.41) is 4.13. The number of fused-ring (bicyclic) bond motifs is 1. The number of nitrogens with one attached hydrogen (secondary N) is 1. The molecule has 1 aromatic heterocycles. The van der Waals surface area contributed by atoms with Crippen LogP contribution in [0.25, 0.3) is 5.69 Å². The van der Waals surface area contributed by atoms with Gasteiger partial charge in [0.2, 0.25) is 11.8 Å². The van der Waals surface area contributed by atoms with Gasteiger partial charge in [-0.2, -0.15) is 5.10 Å². The Labute approximate surface area is 158 Å². The van der Waals surface area contributed by atoms with Gasteiger partial charge in [0.05, 0.1) is 24.6 Å². The van der Waals surface area contributed by atoms with E-state index in [4.69, 9.17) is 0 Å². The predicted molar refractivity (Wildman–Crippen MR) is 98.7 cm³/mol. The van der Waals surface area contributed by atoms with Gasteiger partial charge in [0.25, 0.3) is 0 Å². The molecule has 27 heavy (non-hydrogen) atoms. The first kappa shape index (κ1) is 17.6. The molecule has 4 atom stereocenters. The van der Waals surface area contributed by atoms with E-state index in [-0.39, 0.29) is 29.7 Å². The van der Waals surface area contributed by atoms with E-state index in [0.717, 1.165) is 16.2 Å². The second-order valence-corrected chi connectivity index (χ2v) is 7.42. The Hall–Kier alpha value is -2.80. The van der Waals surface area contributed by atoms with E-state index >= 15 is 0 Å². The molecule has 2 aliphatic rings. The Morgan fingerprint density at radius 3 is 2.30 bits per heavy atom. The molecular formula is C20H24N5O2+. The van der Waals surface area contributed by atoms with Crippen molar-refractivity contribution in [3.63, 3.8) is 0 Å². The van der Waals surface area contributed by atoms with Crippen molar-refractivity contribution in [2.75, 3.05) is 13.7 Å². The number of hydrogen-bond acceptors (Lipinski definition) is 4. The van der Waals surface area contributed by atoms with Gasteiger partial charge in [-0.3, -0.25) is 9.59 Å².